The van der Waals surface area contributed by atoms with Crippen molar-refractivity contribution in [3.63, 3.8) is 0 Å². The van der Waals surface area contributed by atoms with E-state index in [0.29, 0.717) is 18.9 Å². The average molecular weight is 148 g/mol. The van der Waals surface area contributed by atoms with Gasteiger partial charge in [0.15, 0.2) is 0 Å². The number of rotatable bonds is 2. The minimum Gasteiger partial charge on any atom is -0.512 e. The smallest absolute Gasteiger partial charge is 0.303 e. The summed E-state index contributed by atoms with van der Waals surface area (Å²) < 4.78 is 0. The third kappa shape index (κ3) is 29.1. The van der Waals surface area contributed by atoms with E-state index < -0.39 is 5.97 Å². The molecule has 0 saturated carbocycles. The molecule has 4 heteroatoms. The van der Waals surface area contributed by atoms with Crippen molar-refractivity contribution in [2.75, 3.05) is 0 Å². The summed E-state index contributed by atoms with van der Waals surface area (Å²) in [4.78, 5) is 9.60. The maximum Gasteiger partial charge on any atom is 0.303 e. The van der Waals surface area contributed by atoms with Gasteiger partial charge < -0.3 is 15.3 Å². The Kier molecular flexibility index (Phi) is 12.4. The maximum atomic E-state index is 9.60. The van der Waals surface area contributed by atoms with Gasteiger partial charge in [-0.05, 0) is 6.42 Å². The predicted molar refractivity (Wildman–Crippen MR) is 36.9 cm³/mol. The molecule has 0 atom stereocenters. The lowest BCUT2D eigenvalue weighted by molar-refractivity contribution is -0.137. The van der Waals surface area contributed by atoms with Crippen molar-refractivity contribution in [2.24, 2.45) is 0 Å². The lowest BCUT2D eigenvalue weighted by Gasteiger charge is -1.79. The SMILES string of the molecule is CCCC(=O)O.OC=CO. The zero-order chi connectivity index (χ0) is 8.41. The first-order valence-corrected chi connectivity index (χ1v) is 2.84. The minimum absolute atomic E-state index is 0.292. The number of carboxylic acids is 1. The fourth-order valence-electron chi connectivity index (χ4n) is 0.214. The average Bonchev–Trinajstić information content (AvgIpc) is 1.89. The summed E-state index contributed by atoms with van der Waals surface area (Å²) in [6.45, 7) is 1.84. The summed E-state index contributed by atoms with van der Waals surface area (Å²) in [7, 11) is 0. The molecule has 0 aliphatic rings. The molecule has 0 aromatic carbocycles. The van der Waals surface area contributed by atoms with Gasteiger partial charge in [-0.15, -0.1) is 0 Å². The minimum atomic E-state index is -0.711. The molecule has 0 amide bonds. The molecule has 10 heavy (non-hydrogen) atoms. The first-order chi connectivity index (χ1) is 4.68. The van der Waals surface area contributed by atoms with E-state index in [4.69, 9.17) is 15.3 Å². The molecule has 0 radical (unpaired) electrons. The van der Waals surface area contributed by atoms with Gasteiger partial charge in [0.2, 0.25) is 0 Å². The van der Waals surface area contributed by atoms with Crippen LogP contribution in [0.3, 0.4) is 0 Å². The van der Waals surface area contributed by atoms with Crippen molar-refractivity contribution >= 4 is 5.97 Å². The van der Waals surface area contributed by atoms with Crippen LogP contribution in [-0.2, 0) is 4.79 Å². The molecule has 3 N–H and O–H groups in total. The summed E-state index contributed by atoms with van der Waals surface area (Å²) in [5.74, 6) is -0.711. The van der Waals surface area contributed by atoms with Gasteiger partial charge in [-0.25, -0.2) is 0 Å². The number of aliphatic hydroxyl groups is 2. The van der Waals surface area contributed by atoms with Gasteiger partial charge in [-0.1, -0.05) is 6.92 Å². The molecule has 0 fully saturated rings. The Bertz CT molecular complexity index is 93.9. The molecule has 0 rings (SSSR count). The van der Waals surface area contributed by atoms with Gasteiger partial charge in [0.1, 0.15) is 12.5 Å². The van der Waals surface area contributed by atoms with Crippen molar-refractivity contribution < 1.29 is 20.1 Å². The van der Waals surface area contributed by atoms with Crippen molar-refractivity contribution in [1.29, 1.82) is 0 Å². The van der Waals surface area contributed by atoms with Crippen molar-refractivity contribution in [3.05, 3.63) is 12.5 Å². The standard InChI is InChI=1S/C4H8O2.C2H4O2/c1-2-3-4(5)6;3-1-2-4/h2-3H2,1H3,(H,5,6);1-4H. The van der Waals surface area contributed by atoms with Crippen LogP contribution in [0.2, 0.25) is 0 Å². The molecule has 4 nitrogen and oxygen atoms in total. The van der Waals surface area contributed by atoms with Crippen molar-refractivity contribution in [2.45, 2.75) is 19.8 Å². The van der Waals surface area contributed by atoms with Gasteiger partial charge in [0.05, 0.1) is 0 Å². The highest BCUT2D eigenvalue weighted by Gasteiger charge is 1.87. The molecule has 0 heterocycles. The van der Waals surface area contributed by atoms with E-state index in [1.54, 1.807) is 0 Å². The molecule has 0 aromatic rings. The Balaban J connectivity index is 0. The van der Waals surface area contributed by atoms with Crippen LogP contribution in [0.15, 0.2) is 12.5 Å². The molecule has 0 spiro atoms. The van der Waals surface area contributed by atoms with Crippen molar-refractivity contribution in [1.82, 2.24) is 0 Å². The van der Waals surface area contributed by atoms with Gasteiger partial charge in [-0.2, -0.15) is 0 Å². The second-order valence-corrected chi connectivity index (χ2v) is 1.44. The second-order valence-electron chi connectivity index (χ2n) is 1.44. The Morgan fingerprint density at radius 3 is 1.80 bits per heavy atom. The Morgan fingerprint density at radius 1 is 1.40 bits per heavy atom. The number of aliphatic hydroxyl groups excluding tert-OH is 2. The van der Waals surface area contributed by atoms with E-state index in [-0.39, 0.29) is 0 Å². The van der Waals surface area contributed by atoms with Crippen LogP contribution in [0.25, 0.3) is 0 Å². The van der Waals surface area contributed by atoms with E-state index in [1.807, 2.05) is 6.92 Å². The molecule has 60 valence electrons. The quantitative estimate of drug-likeness (QED) is 0.518. The van der Waals surface area contributed by atoms with Crippen LogP contribution < -0.4 is 0 Å². The molecule has 0 aliphatic carbocycles. The van der Waals surface area contributed by atoms with Crippen LogP contribution in [0.1, 0.15) is 19.8 Å². The maximum absolute atomic E-state index is 9.60. The highest BCUT2D eigenvalue weighted by atomic mass is 16.4. The van der Waals surface area contributed by atoms with E-state index in [1.165, 1.54) is 0 Å². The Morgan fingerprint density at radius 2 is 1.80 bits per heavy atom. The molecule has 0 unspecified atom stereocenters. The molecule has 0 saturated heterocycles. The summed E-state index contributed by atoms with van der Waals surface area (Å²) >= 11 is 0. The molecular weight excluding hydrogens is 136 g/mol. The Labute approximate surface area is 59.4 Å². The second kappa shape index (κ2) is 10.7. The summed E-state index contributed by atoms with van der Waals surface area (Å²) in [6.07, 6.45) is 2.13. The molecule has 0 bridgehead atoms. The number of carbonyl (C=O) groups is 1. The third-order valence-corrected chi connectivity index (χ3v) is 0.531. The number of carboxylic acid groups (broad SMARTS) is 1. The van der Waals surface area contributed by atoms with E-state index in [2.05, 4.69) is 0 Å². The lowest BCUT2D eigenvalue weighted by Crippen LogP contribution is -1.90. The molecule has 0 aliphatic heterocycles. The lowest BCUT2D eigenvalue weighted by atomic mass is 10.4. The topological polar surface area (TPSA) is 77.8 Å². The largest absolute Gasteiger partial charge is 0.512 e. The van der Waals surface area contributed by atoms with Crippen LogP contribution in [0.5, 0.6) is 0 Å². The zero-order valence-corrected chi connectivity index (χ0v) is 5.82. The van der Waals surface area contributed by atoms with E-state index in [9.17, 15) is 4.79 Å². The Hall–Kier alpha value is -1.19. The highest BCUT2D eigenvalue weighted by molar-refractivity contribution is 5.66. The first kappa shape index (κ1) is 11.6. The van der Waals surface area contributed by atoms with Gasteiger partial charge in [-0.3, -0.25) is 4.79 Å². The van der Waals surface area contributed by atoms with Gasteiger partial charge in [0, 0.05) is 6.42 Å². The summed E-state index contributed by atoms with van der Waals surface area (Å²) in [6, 6.07) is 0. The van der Waals surface area contributed by atoms with E-state index in [0.717, 1.165) is 6.42 Å². The monoisotopic (exact) mass is 148 g/mol. The predicted octanol–water partition coefficient (Wildman–Crippen LogP) is 1.44. The third-order valence-electron chi connectivity index (χ3n) is 0.531. The van der Waals surface area contributed by atoms with Crippen LogP contribution >= 0.6 is 0 Å². The fourth-order valence-corrected chi connectivity index (χ4v) is 0.214. The fraction of sp³-hybridized carbons (Fsp3) is 0.500. The normalized spacial score (nSPS) is 8.50. The summed E-state index contributed by atoms with van der Waals surface area (Å²) in [5, 5.41) is 22.8. The molecular formula is C6H12O4. The number of aliphatic carboxylic acids is 1. The highest BCUT2D eigenvalue weighted by Crippen LogP contribution is 1.82. The van der Waals surface area contributed by atoms with Crippen LogP contribution in [-0.4, -0.2) is 21.3 Å². The number of hydrogen-bond donors (Lipinski definition) is 3. The van der Waals surface area contributed by atoms with Crippen LogP contribution in [0, 0.1) is 0 Å². The molecule has 0 aromatic heterocycles. The van der Waals surface area contributed by atoms with Crippen LogP contribution in [0.4, 0.5) is 0 Å². The first-order valence-electron chi connectivity index (χ1n) is 2.84. The van der Waals surface area contributed by atoms with Gasteiger partial charge in [0.25, 0.3) is 0 Å². The summed E-state index contributed by atoms with van der Waals surface area (Å²) in [5.41, 5.74) is 0. The van der Waals surface area contributed by atoms with E-state index >= 15 is 0 Å². The number of hydrogen-bond acceptors (Lipinski definition) is 3. The zero-order valence-electron chi connectivity index (χ0n) is 5.82. The van der Waals surface area contributed by atoms with Gasteiger partial charge >= 0.3 is 5.97 Å². The van der Waals surface area contributed by atoms with Crippen molar-refractivity contribution in [3.8, 4) is 0 Å².